The summed E-state index contributed by atoms with van der Waals surface area (Å²) < 4.78 is 78.2. The lowest BCUT2D eigenvalue weighted by Gasteiger charge is -2.38. The Kier molecular flexibility index (Phi) is 26.3. The van der Waals surface area contributed by atoms with E-state index in [0.717, 1.165) is 41.5 Å². The molecule has 4 aromatic carbocycles. The second-order valence-corrected chi connectivity index (χ2v) is 35.3. The number of hydrogen-bond acceptors (Lipinski definition) is 18. The van der Waals surface area contributed by atoms with Crippen LogP contribution in [-0.4, -0.2) is 137 Å². The van der Waals surface area contributed by atoms with Crippen LogP contribution in [0.15, 0.2) is 122 Å². The lowest BCUT2D eigenvalue weighted by molar-refractivity contribution is -0.192. The molecule has 2 aromatic heterocycles. The molecule has 0 radical (unpaired) electrons. The number of rotatable bonds is 39. The van der Waals surface area contributed by atoms with E-state index in [1.165, 1.54) is 71.9 Å². The molecule has 0 aliphatic carbocycles. The molecule has 0 saturated carbocycles. The number of anilines is 1. The maximum Gasteiger partial charge on any atom is 0.658 e. The summed E-state index contributed by atoms with van der Waals surface area (Å²) in [6, 6.07) is 34.4. The molecular formula is C64H94N6O13Si3. The normalized spacial score (nSPS) is 17.1. The number of fused-ring (bicyclic) bond motifs is 1. The fourth-order valence-electron chi connectivity index (χ4n) is 10.5. The number of benzene rings is 4. The zero-order chi connectivity index (χ0) is 61.6. The number of imidazole rings is 1. The van der Waals surface area contributed by atoms with Gasteiger partial charge in [-0.25, -0.2) is 15.0 Å². The number of carbonyl (C=O) groups is 1. The van der Waals surface area contributed by atoms with E-state index in [9.17, 15) is 4.79 Å². The topological polar surface area (TPSA) is 209 Å². The van der Waals surface area contributed by atoms with Crippen molar-refractivity contribution in [3.05, 3.63) is 144 Å². The Morgan fingerprint density at radius 2 is 1.22 bits per heavy atom. The first-order valence-corrected chi connectivity index (χ1v) is 38.8. The van der Waals surface area contributed by atoms with Crippen LogP contribution in [0.3, 0.4) is 0 Å². The van der Waals surface area contributed by atoms with Crippen LogP contribution in [0.4, 0.5) is 5.82 Å². The van der Waals surface area contributed by atoms with Gasteiger partial charge in [0.15, 0.2) is 52.2 Å². The van der Waals surface area contributed by atoms with Crippen LogP contribution < -0.4 is 20.5 Å². The lowest BCUT2D eigenvalue weighted by atomic mass is 9.77. The Labute approximate surface area is 512 Å². The summed E-state index contributed by atoms with van der Waals surface area (Å²) >= 11 is 0. The van der Waals surface area contributed by atoms with E-state index in [1.54, 1.807) is 25.1 Å². The van der Waals surface area contributed by atoms with Crippen LogP contribution in [-0.2, 0) is 62.3 Å². The largest absolute Gasteiger partial charge is 0.658 e. The Bertz CT molecular complexity index is 2850. The monoisotopic (exact) mass is 1240 g/mol. The summed E-state index contributed by atoms with van der Waals surface area (Å²) in [5, 5.41) is 3.87. The van der Waals surface area contributed by atoms with Crippen molar-refractivity contribution < 1.29 is 59.8 Å². The molecule has 0 spiro atoms. The standard InChI is InChI=1S/C64H94N6O13Si3/c1-12-13-14-15-16-17-18-19-20-21-28-41-78-86(82-84(6,7)8,83-85(9,10)11)79-43-55-58(81-63(71)54(65)42-48-29-24-22-25-30-48)59(77-47-76-44-56(74-4)75-5)62(80-55)70-46-68-57-60(66-45-67-61(57)70)69-64(49-31-26-23-27-32-49,50-33-37-52(72-2)38-34-50)51-35-39-53(73-3)40-36-51/h22-27,29-40,45-46,54-56,58-59,62H,12-21,28,41-44,47,65H2,1-11H3,(H,66,67,69)/t54-,55+,58+,59+,62+/m0/s1. The van der Waals surface area contributed by atoms with Crippen LogP contribution in [0, 0.1) is 0 Å². The van der Waals surface area contributed by atoms with Crippen molar-refractivity contribution in [3.8, 4) is 11.5 Å². The van der Waals surface area contributed by atoms with Crippen molar-refractivity contribution >= 4 is 48.6 Å². The van der Waals surface area contributed by atoms with Crippen LogP contribution in [0.5, 0.6) is 11.5 Å². The van der Waals surface area contributed by atoms with Gasteiger partial charge in [0.25, 0.3) is 0 Å². The third-order valence-electron chi connectivity index (χ3n) is 14.8. The molecule has 22 heteroatoms. The van der Waals surface area contributed by atoms with Gasteiger partial charge in [-0.15, -0.1) is 0 Å². The molecule has 19 nitrogen and oxygen atoms in total. The number of hydrogen-bond donors (Lipinski definition) is 2. The van der Waals surface area contributed by atoms with E-state index in [2.05, 4.69) is 63.7 Å². The van der Waals surface area contributed by atoms with Gasteiger partial charge in [-0.3, -0.25) is 9.36 Å². The van der Waals surface area contributed by atoms with Crippen molar-refractivity contribution in [2.45, 2.75) is 166 Å². The fourth-order valence-corrected chi connectivity index (χ4v) is 18.9. The molecule has 3 heterocycles. The first-order chi connectivity index (χ1) is 41.4. The number of nitrogens with zero attached hydrogens (tertiary/aromatic N) is 4. The van der Waals surface area contributed by atoms with Gasteiger partial charge < -0.3 is 66.0 Å². The molecule has 470 valence electrons. The number of unbranched alkanes of at least 4 members (excludes halogenated alkanes) is 10. The molecule has 7 rings (SSSR count). The number of esters is 1. The van der Waals surface area contributed by atoms with E-state index in [4.69, 9.17) is 75.7 Å². The van der Waals surface area contributed by atoms with Gasteiger partial charge in [0, 0.05) is 20.8 Å². The molecule has 6 aromatic rings. The second kappa shape index (κ2) is 33.2. The van der Waals surface area contributed by atoms with Gasteiger partial charge in [-0.05, 0) is 98.6 Å². The zero-order valence-corrected chi connectivity index (χ0v) is 55.5. The average Bonchev–Trinajstić information content (AvgIpc) is 1.25. The molecule has 0 bridgehead atoms. The molecule has 1 aliphatic heterocycles. The van der Waals surface area contributed by atoms with Crippen molar-refractivity contribution in [1.29, 1.82) is 0 Å². The molecule has 0 unspecified atom stereocenters. The lowest BCUT2D eigenvalue weighted by Crippen LogP contribution is -2.60. The van der Waals surface area contributed by atoms with E-state index in [0.29, 0.717) is 35.1 Å². The van der Waals surface area contributed by atoms with E-state index >= 15 is 0 Å². The number of aromatic nitrogens is 4. The molecule has 0 amide bonds. The van der Waals surface area contributed by atoms with Gasteiger partial charge in [0.1, 0.15) is 55.0 Å². The molecule has 1 aliphatic rings. The highest BCUT2D eigenvalue weighted by Crippen LogP contribution is 2.43. The quantitative estimate of drug-likeness (QED) is 0.0121. The highest BCUT2D eigenvalue weighted by Gasteiger charge is 2.56. The SMILES string of the molecule is CCCCCCCCCCCCCO[Si](OC[C@H]1O[C@@H](n2cnc3c(NC(c4ccccc4)(c4ccc(OC)cc4)c4ccc(OC)cc4)ncnc32)[C@H](OCOCC(OC)OC)[C@@H]1OC(=O)[C@@H](N)Cc1ccccc1)(O[Si](C)(C)C)O[Si](C)(C)C. The summed E-state index contributed by atoms with van der Waals surface area (Å²) in [6.07, 6.45) is 11.4. The predicted octanol–water partition coefficient (Wildman–Crippen LogP) is 12.1. The first-order valence-electron chi connectivity index (χ1n) is 30.3. The van der Waals surface area contributed by atoms with Crippen LogP contribution in [0.2, 0.25) is 39.3 Å². The summed E-state index contributed by atoms with van der Waals surface area (Å²) in [7, 11) is -2.54. The minimum absolute atomic E-state index is 0.0264. The smallest absolute Gasteiger partial charge is 0.497 e. The van der Waals surface area contributed by atoms with E-state index in [-0.39, 0.29) is 26.4 Å². The maximum absolute atomic E-state index is 14.5. The number of methoxy groups -OCH3 is 4. The zero-order valence-electron chi connectivity index (χ0n) is 52.5. The Hall–Kier alpha value is -5.45. The van der Waals surface area contributed by atoms with Crippen molar-refractivity contribution in [2.75, 3.05) is 60.4 Å². The molecule has 1 saturated heterocycles. The highest BCUT2D eigenvalue weighted by molar-refractivity contribution is 6.83. The molecule has 86 heavy (non-hydrogen) atoms. The summed E-state index contributed by atoms with van der Waals surface area (Å²) in [5.41, 5.74) is 9.97. The first kappa shape index (κ1) is 68.0. The van der Waals surface area contributed by atoms with Gasteiger partial charge in [-0.2, -0.15) is 0 Å². The Balaban J connectivity index is 1.28. The van der Waals surface area contributed by atoms with E-state index in [1.807, 2.05) is 97.1 Å². The number of nitrogens with two attached hydrogens (primary N) is 1. The van der Waals surface area contributed by atoms with Crippen molar-refractivity contribution in [3.63, 3.8) is 0 Å². The van der Waals surface area contributed by atoms with E-state index < -0.39 is 74.1 Å². The molecular weight excluding hydrogens is 1140 g/mol. The second-order valence-electron chi connectivity index (χ2n) is 23.7. The molecule has 3 N–H and O–H groups in total. The van der Waals surface area contributed by atoms with Gasteiger partial charge in [0.05, 0.1) is 27.2 Å². The van der Waals surface area contributed by atoms with Crippen LogP contribution in [0.1, 0.15) is 106 Å². The maximum atomic E-state index is 14.5. The number of nitrogens with one attached hydrogen (secondary N) is 1. The average molecular weight is 1240 g/mol. The van der Waals surface area contributed by atoms with Gasteiger partial charge in [-0.1, -0.05) is 156 Å². The summed E-state index contributed by atoms with van der Waals surface area (Å²) in [4.78, 5) is 29.3. The minimum Gasteiger partial charge on any atom is -0.497 e. The number of ether oxygens (including phenoxy) is 8. The Morgan fingerprint density at radius 1 is 0.674 bits per heavy atom. The summed E-state index contributed by atoms with van der Waals surface area (Å²) in [5.74, 6) is 1.12. The number of carbonyl (C=O) groups excluding carboxylic acids is 1. The fraction of sp³-hybridized carbons (Fsp3) is 0.531. The van der Waals surface area contributed by atoms with Crippen molar-refractivity contribution in [1.82, 2.24) is 19.5 Å². The molecule has 1 fully saturated rings. The minimum atomic E-state index is -3.98. The van der Waals surface area contributed by atoms with Gasteiger partial charge in [0.2, 0.25) is 0 Å². The third kappa shape index (κ3) is 19.3. The highest BCUT2D eigenvalue weighted by atomic mass is 28.5. The summed E-state index contributed by atoms with van der Waals surface area (Å²) in [6.45, 7) is 14.7. The van der Waals surface area contributed by atoms with Crippen molar-refractivity contribution in [2.24, 2.45) is 5.73 Å². The van der Waals surface area contributed by atoms with Crippen LogP contribution >= 0.6 is 0 Å². The van der Waals surface area contributed by atoms with Crippen LogP contribution in [0.25, 0.3) is 11.2 Å². The van der Waals surface area contributed by atoms with Gasteiger partial charge >= 0.3 is 15.0 Å². The Morgan fingerprint density at radius 3 is 1.77 bits per heavy atom. The molecule has 5 atom stereocenters. The third-order valence-corrected chi connectivity index (χ3v) is 22.7. The predicted molar refractivity (Wildman–Crippen MR) is 340 cm³/mol.